The first-order valence-corrected chi connectivity index (χ1v) is 6.50. The van der Waals surface area contributed by atoms with Crippen LogP contribution in [0.5, 0.6) is 0 Å². The Kier molecular flexibility index (Phi) is 2.54. The van der Waals surface area contributed by atoms with Crippen LogP contribution in [0.1, 0.15) is 38.6 Å². The normalized spacial score (nSPS) is 25.2. The van der Waals surface area contributed by atoms with Crippen molar-refractivity contribution in [1.82, 2.24) is 9.55 Å². The monoisotopic (exact) mass is 229 g/mol. The molecule has 0 saturated heterocycles. The van der Waals surface area contributed by atoms with Crippen LogP contribution in [0.15, 0.2) is 24.3 Å². The van der Waals surface area contributed by atoms with Crippen molar-refractivity contribution in [2.24, 2.45) is 5.92 Å². The molecule has 0 aliphatic heterocycles. The van der Waals surface area contributed by atoms with Gasteiger partial charge in [-0.15, -0.1) is 0 Å². The maximum atomic E-state index is 6.10. The molecule has 1 heterocycles. The molecular weight excluding hydrogens is 210 g/mol. The van der Waals surface area contributed by atoms with Crippen LogP contribution in [-0.2, 0) is 0 Å². The zero-order valence-corrected chi connectivity index (χ0v) is 10.3. The second kappa shape index (κ2) is 4.06. The van der Waals surface area contributed by atoms with E-state index in [2.05, 4.69) is 28.6 Å². The zero-order valence-electron chi connectivity index (χ0n) is 10.3. The molecule has 0 spiro atoms. The molecule has 3 nitrogen and oxygen atoms in total. The summed E-state index contributed by atoms with van der Waals surface area (Å²) in [5.74, 6) is 1.37. The van der Waals surface area contributed by atoms with Gasteiger partial charge in [0.15, 0.2) is 0 Å². The number of nitrogens with two attached hydrogens (primary N) is 1. The Morgan fingerprint density at radius 2 is 2.00 bits per heavy atom. The average molecular weight is 229 g/mol. The number of para-hydroxylation sites is 2. The number of rotatable bonds is 1. The number of anilines is 1. The minimum Gasteiger partial charge on any atom is -0.369 e. The van der Waals surface area contributed by atoms with Crippen molar-refractivity contribution in [3.63, 3.8) is 0 Å². The highest BCUT2D eigenvalue weighted by Gasteiger charge is 2.25. The number of nitrogen functional groups attached to an aromatic ring is 1. The van der Waals surface area contributed by atoms with Gasteiger partial charge in [0.2, 0.25) is 5.95 Å². The summed E-state index contributed by atoms with van der Waals surface area (Å²) in [6.07, 6.45) is 5.19. The molecule has 2 aromatic rings. The summed E-state index contributed by atoms with van der Waals surface area (Å²) in [5.41, 5.74) is 8.30. The van der Waals surface area contributed by atoms with Gasteiger partial charge in [-0.2, -0.15) is 0 Å². The molecule has 3 heteroatoms. The maximum Gasteiger partial charge on any atom is 0.201 e. The van der Waals surface area contributed by atoms with Gasteiger partial charge in [-0.1, -0.05) is 31.9 Å². The van der Waals surface area contributed by atoms with Crippen LogP contribution in [-0.4, -0.2) is 9.55 Å². The van der Waals surface area contributed by atoms with Gasteiger partial charge in [-0.05, 0) is 30.9 Å². The molecule has 1 aromatic heterocycles. The lowest BCUT2D eigenvalue weighted by molar-refractivity contribution is 0.264. The standard InChI is InChI=1S/C14H19N3/c1-10-6-2-4-8-12(10)17-13-9-5-3-7-11(13)16-14(17)15/h3,5,7,9-10,12H,2,4,6,8H2,1H3,(H2,15,16). The van der Waals surface area contributed by atoms with Crippen LogP contribution in [0.2, 0.25) is 0 Å². The number of fused-ring (bicyclic) bond motifs is 1. The Hall–Kier alpha value is -1.51. The molecule has 3 rings (SSSR count). The molecule has 1 saturated carbocycles. The van der Waals surface area contributed by atoms with Crippen LogP contribution in [0.4, 0.5) is 5.95 Å². The lowest BCUT2D eigenvalue weighted by Crippen LogP contribution is -2.22. The molecule has 17 heavy (non-hydrogen) atoms. The Bertz CT molecular complexity index is 529. The summed E-state index contributed by atoms with van der Waals surface area (Å²) >= 11 is 0. The molecule has 90 valence electrons. The fraction of sp³-hybridized carbons (Fsp3) is 0.500. The summed E-state index contributed by atoms with van der Waals surface area (Å²) < 4.78 is 2.25. The first-order chi connectivity index (χ1) is 8.27. The van der Waals surface area contributed by atoms with E-state index in [0.717, 1.165) is 5.52 Å². The lowest BCUT2D eigenvalue weighted by Gasteiger charge is -2.30. The molecule has 0 radical (unpaired) electrons. The van der Waals surface area contributed by atoms with E-state index in [-0.39, 0.29) is 0 Å². The molecule has 0 amide bonds. The zero-order chi connectivity index (χ0) is 11.8. The SMILES string of the molecule is CC1CCCCC1n1c(N)nc2ccccc21. The number of imidazole rings is 1. The number of nitrogens with zero attached hydrogens (tertiary/aromatic N) is 2. The molecule has 1 aliphatic rings. The summed E-state index contributed by atoms with van der Waals surface area (Å²) in [4.78, 5) is 4.46. The highest BCUT2D eigenvalue weighted by molar-refractivity contribution is 5.78. The van der Waals surface area contributed by atoms with Crippen LogP contribution < -0.4 is 5.73 Å². The predicted molar refractivity (Wildman–Crippen MR) is 70.8 cm³/mol. The van der Waals surface area contributed by atoms with Gasteiger partial charge in [0, 0.05) is 6.04 Å². The largest absolute Gasteiger partial charge is 0.369 e. The van der Waals surface area contributed by atoms with E-state index in [1.807, 2.05) is 12.1 Å². The Balaban J connectivity index is 2.12. The van der Waals surface area contributed by atoms with E-state index in [9.17, 15) is 0 Å². The van der Waals surface area contributed by atoms with Gasteiger partial charge in [0.1, 0.15) is 0 Å². The van der Waals surface area contributed by atoms with Crippen molar-refractivity contribution in [2.75, 3.05) is 5.73 Å². The number of benzene rings is 1. The van der Waals surface area contributed by atoms with E-state index < -0.39 is 0 Å². The number of hydrogen-bond acceptors (Lipinski definition) is 2. The third-order valence-electron chi connectivity index (χ3n) is 4.02. The highest BCUT2D eigenvalue weighted by Crippen LogP contribution is 2.37. The maximum absolute atomic E-state index is 6.10. The van der Waals surface area contributed by atoms with Crippen LogP contribution in [0.25, 0.3) is 11.0 Å². The van der Waals surface area contributed by atoms with Gasteiger partial charge >= 0.3 is 0 Å². The van der Waals surface area contributed by atoms with E-state index in [1.165, 1.54) is 31.2 Å². The topological polar surface area (TPSA) is 43.8 Å². The molecular formula is C14H19N3. The van der Waals surface area contributed by atoms with Crippen molar-refractivity contribution in [3.05, 3.63) is 24.3 Å². The first-order valence-electron chi connectivity index (χ1n) is 6.50. The van der Waals surface area contributed by atoms with Gasteiger partial charge < -0.3 is 10.3 Å². The Morgan fingerprint density at radius 3 is 2.82 bits per heavy atom. The van der Waals surface area contributed by atoms with E-state index in [0.29, 0.717) is 17.9 Å². The molecule has 2 atom stereocenters. The summed E-state index contributed by atoms with van der Waals surface area (Å²) in [7, 11) is 0. The van der Waals surface area contributed by atoms with E-state index >= 15 is 0 Å². The van der Waals surface area contributed by atoms with Crippen molar-refractivity contribution in [1.29, 1.82) is 0 Å². The smallest absolute Gasteiger partial charge is 0.201 e. The second-order valence-electron chi connectivity index (χ2n) is 5.16. The first kappa shape index (κ1) is 10.6. The summed E-state index contributed by atoms with van der Waals surface area (Å²) in [6.45, 7) is 2.33. The van der Waals surface area contributed by atoms with E-state index in [1.54, 1.807) is 0 Å². The predicted octanol–water partition coefficient (Wildman–Crippen LogP) is 3.37. The van der Waals surface area contributed by atoms with E-state index in [4.69, 9.17) is 5.73 Å². The van der Waals surface area contributed by atoms with Crippen molar-refractivity contribution < 1.29 is 0 Å². The quantitative estimate of drug-likeness (QED) is 0.814. The van der Waals surface area contributed by atoms with Crippen molar-refractivity contribution >= 4 is 17.0 Å². The molecule has 2 N–H and O–H groups in total. The highest BCUT2D eigenvalue weighted by atomic mass is 15.2. The molecule has 1 aliphatic carbocycles. The van der Waals surface area contributed by atoms with Gasteiger partial charge in [0.05, 0.1) is 11.0 Å². The summed E-state index contributed by atoms with van der Waals surface area (Å²) in [6, 6.07) is 8.77. The molecule has 0 bridgehead atoms. The molecule has 1 fully saturated rings. The van der Waals surface area contributed by atoms with Crippen LogP contribution >= 0.6 is 0 Å². The number of hydrogen-bond donors (Lipinski definition) is 1. The second-order valence-corrected chi connectivity index (χ2v) is 5.16. The van der Waals surface area contributed by atoms with Crippen LogP contribution in [0, 0.1) is 5.92 Å². The minimum absolute atomic E-state index is 0.524. The van der Waals surface area contributed by atoms with Crippen molar-refractivity contribution in [3.8, 4) is 0 Å². The van der Waals surface area contributed by atoms with Crippen molar-refractivity contribution in [2.45, 2.75) is 38.6 Å². The third kappa shape index (κ3) is 1.70. The van der Waals surface area contributed by atoms with Crippen LogP contribution in [0.3, 0.4) is 0 Å². The number of aromatic nitrogens is 2. The van der Waals surface area contributed by atoms with Gasteiger partial charge in [-0.3, -0.25) is 0 Å². The van der Waals surface area contributed by atoms with Gasteiger partial charge in [-0.25, -0.2) is 4.98 Å². The lowest BCUT2D eigenvalue weighted by atomic mass is 9.85. The minimum atomic E-state index is 0.524. The molecule has 1 aromatic carbocycles. The average Bonchev–Trinajstić information content (AvgIpc) is 2.66. The fourth-order valence-electron chi connectivity index (χ4n) is 3.09. The Morgan fingerprint density at radius 1 is 1.24 bits per heavy atom. The Labute approximate surface area is 102 Å². The van der Waals surface area contributed by atoms with Gasteiger partial charge in [0.25, 0.3) is 0 Å². The third-order valence-corrected chi connectivity index (χ3v) is 4.02. The summed E-state index contributed by atoms with van der Waals surface area (Å²) in [5, 5.41) is 0. The molecule has 2 unspecified atom stereocenters. The fourth-order valence-corrected chi connectivity index (χ4v) is 3.09.